The Morgan fingerprint density at radius 3 is 2.55 bits per heavy atom. The van der Waals surface area contributed by atoms with Crippen molar-refractivity contribution in [2.24, 2.45) is 0 Å². The summed E-state index contributed by atoms with van der Waals surface area (Å²) in [5.41, 5.74) is 2.14. The number of nitrogens with one attached hydrogen (secondary N) is 2. The predicted molar refractivity (Wildman–Crippen MR) is 86.1 cm³/mol. The van der Waals surface area contributed by atoms with Gasteiger partial charge in [-0.2, -0.15) is 0 Å². The number of carbonyl (C=O) groups excluding carboxylic acids is 1. The third kappa shape index (κ3) is 3.73. The Balaban J connectivity index is 2.33. The molecule has 0 radical (unpaired) electrons. The number of sulfone groups is 1. The Morgan fingerprint density at radius 2 is 1.91 bits per heavy atom. The first-order valence-corrected chi connectivity index (χ1v) is 8.83. The predicted octanol–water partition coefficient (Wildman–Crippen LogP) is 0.919. The van der Waals surface area contributed by atoms with Crippen LogP contribution in [0.2, 0.25) is 0 Å². The monoisotopic (exact) mass is 322 g/mol. The number of fused-ring (bicyclic) bond motifs is 1. The molecule has 118 valence electrons. The highest BCUT2D eigenvalue weighted by molar-refractivity contribution is 7.90. The first kappa shape index (κ1) is 16.2. The Labute approximate surface area is 128 Å². The van der Waals surface area contributed by atoms with Crippen molar-refractivity contribution < 1.29 is 13.2 Å². The zero-order valence-electron chi connectivity index (χ0n) is 12.7. The molecule has 0 spiro atoms. The molecule has 1 aromatic carbocycles. The third-order valence-electron chi connectivity index (χ3n) is 3.30. The highest BCUT2D eigenvalue weighted by atomic mass is 32.2. The zero-order chi connectivity index (χ0) is 16.5. The molecule has 2 N–H and O–H groups in total. The number of hydrogen-bond acceptors (Lipinski definition) is 4. The van der Waals surface area contributed by atoms with E-state index < -0.39 is 21.3 Å². The largest absolute Gasteiger partial charge is 0.351 e. The average molecular weight is 322 g/mol. The van der Waals surface area contributed by atoms with Crippen LogP contribution in [0.15, 0.2) is 23.0 Å². The Hall–Kier alpha value is -2.15. The van der Waals surface area contributed by atoms with E-state index in [4.69, 9.17) is 0 Å². The number of hydrogen-bond donors (Lipinski definition) is 2. The summed E-state index contributed by atoms with van der Waals surface area (Å²) < 4.78 is 22.1. The molecule has 0 saturated carbocycles. The molecule has 0 bridgehead atoms. The Bertz CT molecular complexity index is 898. The van der Waals surface area contributed by atoms with Crippen LogP contribution in [-0.2, 0) is 9.84 Å². The number of H-pyrrole nitrogens is 1. The minimum atomic E-state index is -3.16. The van der Waals surface area contributed by atoms with Gasteiger partial charge in [0, 0.05) is 12.8 Å². The molecular weight excluding hydrogens is 304 g/mol. The summed E-state index contributed by atoms with van der Waals surface area (Å²) in [5, 5.41) is 3.22. The van der Waals surface area contributed by atoms with Gasteiger partial charge in [-0.25, -0.2) is 8.42 Å². The normalized spacial score (nSPS) is 11.6. The summed E-state index contributed by atoms with van der Waals surface area (Å²) in [5.74, 6) is -0.742. The maximum absolute atomic E-state index is 12.0. The van der Waals surface area contributed by atoms with Gasteiger partial charge in [0.15, 0.2) is 0 Å². The molecule has 2 aromatic rings. The average Bonchev–Trinajstić information content (AvgIpc) is 2.37. The SMILES string of the molecule is Cc1cc(C)c2[nH]c(=O)c(C(=O)NCCS(C)(=O)=O)cc2c1. The van der Waals surface area contributed by atoms with Crippen LogP contribution in [0.5, 0.6) is 0 Å². The highest BCUT2D eigenvalue weighted by Gasteiger charge is 2.13. The first-order valence-electron chi connectivity index (χ1n) is 6.77. The second-order valence-electron chi connectivity index (χ2n) is 5.44. The highest BCUT2D eigenvalue weighted by Crippen LogP contribution is 2.17. The van der Waals surface area contributed by atoms with E-state index in [-0.39, 0.29) is 17.9 Å². The van der Waals surface area contributed by atoms with Crippen molar-refractivity contribution in [2.75, 3.05) is 18.6 Å². The van der Waals surface area contributed by atoms with E-state index in [0.29, 0.717) is 5.52 Å². The van der Waals surface area contributed by atoms with Crippen LogP contribution in [0, 0.1) is 13.8 Å². The van der Waals surface area contributed by atoms with Crippen LogP contribution >= 0.6 is 0 Å². The number of amides is 1. The lowest BCUT2D eigenvalue weighted by Crippen LogP contribution is -2.32. The summed E-state index contributed by atoms with van der Waals surface area (Å²) in [7, 11) is -3.16. The van der Waals surface area contributed by atoms with Crippen molar-refractivity contribution in [1.29, 1.82) is 0 Å². The van der Waals surface area contributed by atoms with Crippen LogP contribution in [-0.4, -0.2) is 37.9 Å². The second kappa shape index (κ2) is 5.92. The van der Waals surface area contributed by atoms with Gasteiger partial charge in [0.25, 0.3) is 11.5 Å². The van der Waals surface area contributed by atoms with Gasteiger partial charge >= 0.3 is 0 Å². The van der Waals surface area contributed by atoms with E-state index >= 15 is 0 Å². The van der Waals surface area contributed by atoms with Gasteiger partial charge in [-0.3, -0.25) is 9.59 Å². The van der Waals surface area contributed by atoms with E-state index in [2.05, 4.69) is 10.3 Å². The van der Waals surface area contributed by atoms with E-state index in [0.717, 1.165) is 22.8 Å². The van der Waals surface area contributed by atoms with Gasteiger partial charge in [0.2, 0.25) is 0 Å². The molecule has 0 atom stereocenters. The summed E-state index contributed by atoms with van der Waals surface area (Å²) >= 11 is 0. The smallest absolute Gasteiger partial charge is 0.261 e. The molecule has 0 saturated heterocycles. The molecule has 0 aliphatic carbocycles. The molecule has 0 aliphatic rings. The van der Waals surface area contributed by atoms with Crippen molar-refractivity contribution in [1.82, 2.24) is 10.3 Å². The van der Waals surface area contributed by atoms with Gasteiger partial charge in [0.1, 0.15) is 15.4 Å². The van der Waals surface area contributed by atoms with Crippen LogP contribution in [0.1, 0.15) is 21.5 Å². The maximum atomic E-state index is 12.0. The minimum Gasteiger partial charge on any atom is -0.351 e. The van der Waals surface area contributed by atoms with E-state index in [1.807, 2.05) is 26.0 Å². The summed E-state index contributed by atoms with van der Waals surface area (Å²) in [6, 6.07) is 5.36. The molecule has 0 fully saturated rings. The zero-order valence-corrected chi connectivity index (χ0v) is 13.5. The molecule has 0 aliphatic heterocycles. The van der Waals surface area contributed by atoms with Gasteiger partial charge in [-0.1, -0.05) is 11.6 Å². The lowest BCUT2D eigenvalue weighted by Gasteiger charge is -2.08. The van der Waals surface area contributed by atoms with Crippen LogP contribution in [0.25, 0.3) is 10.9 Å². The molecule has 22 heavy (non-hydrogen) atoms. The van der Waals surface area contributed by atoms with Crippen molar-refractivity contribution in [3.05, 3.63) is 45.2 Å². The molecule has 6 nitrogen and oxygen atoms in total. The van der Waals surface area contributed by atoms with Crippen molar-refractivity contribution >= 4 is 26.6 Å². The lowest BCUT2D eigenvalue weighted by atomic mass is 10.1. The Morgan fingerprint density at radius 1 is 1.23 bits per heavy atom. The van der Waals surface area contributed by atoms with Crippen LogP contribution < -0.4 is 10.9 Å². The molecule has 1 amide bonds. The molecule has 1 aromatic heterocycles. The standard InChI is InChI=1S/C15H18N2O4S/c1-9-6-10(2)13-11(7-9)8-12(15(19)17-13)14(18)16-4-5-22(3,20)21/h6-8H,4-5H2,1-3H3,(H,16,18)(H,17,19). The molecule has 7 heteroatoms. The number of aromatic nitrogens is 1. The van der Waals surface area contributed by atoms with Crippen LogP contribution in [0.3, 0.4) is 0 Å². The quantitative estimate of drug-likeness (QED) is 0.875. The van der Waals surface area contributed by atoms with Gasteiger partial charge in [0.05, 0.1) is 11.3 Å². The maximum Gasteiger partial charge on any atom is 0.261 e. The van der Waals surface area contributed by atoms with E-state index in [1.165, 1.54) is 6.07 Å². The number of aromatic amines is 1. The topological polar surface area (TPSA) is 96.1 Å². The summed E-state index contributed by atoms with van der Waals surface area (Å²) in [6.07, 6.45) is 1.09. The van der Waals surface area contributed by atoms with E-state index in [1.54, 1.807) is 0 Å². The van der Waals surface area contributed by atoms with Crippen molar-refractivity contribution in [3.8, 4) is 0 Å². The van der Waals surface area contributed by atoms with Gasteiger partial charge in [-0.15, -0.1) is 0 Å². The fourth-order valence-corrected chi connectivity index (χ4v) is 2.77. The van der Waals surface area contributed by atoms with Crippen molar-refractivity contribution in [2.45, 2.75) is 13.8 Å². The number of benzene rings is 1. The lowest BCUT2D eigenvalue weighted by molar-refractivity contribution is 0.0955. The number of pyridine rings is 1. The fourth-order valence-electron chi connectivity index (χ4n) is 2.30. The van der Waals surface area contributed by atoms with Crippen LogP contribution in [0.4, 0.5) is 0 Å². The molecule has 2 rings (SSSR count). The number of rotatable bonds is 4. The number of aryl methyl sites for hydroxylation is 2. The molecule has 1 heterocycles. The Kier molecular flexibility index (Phi) is 4.37. The van der Waals surface area contributed by atoms with Gasteiger partial charge in [-0.05, 0) is 36.9 Å². The van der Waals surface area contributed by atoms with Crippen molar-refractivity contribution in [3.63, 3.8) is 0 Å². The minimum absolute atomic E-state index is 0.0222. The molecule has 0 unspecified atom stereocenters. The first-order chi connectivity index (χ1) is 10.2. The van der Waals surface area contributed by atoms with Gasteiger partial charge < -0.3 is 10.3 Å². The summed E-state index contributed by atoms with van der Waals surface area (Å²) in [6.45, 7) is 3.79. The number of carbonyl (C=O) groups is 1. The third-order valence-corrected chi connectivity index (χ3v) is 4.24. The second-order valence-corrected chi connectivity index (χ2v) is 7.70. The van der Waals surface area contributed by atoms with E-state index in [9.17, 15) is 18.0 Å². The molecular formula is C15H18N2O4S. The summed E-state index contributed by atoms with van der Waals surface area (Å²) in [4.78, 5) is 26.8. The fraction of sp³-hybridized carbons (Fsp3) is 0.333.